The lowest BCUT2D eigenvalue weighted by atomic mass is 10.1. The van der Waals surface area contributed by atoms with Gasteiger partial charge in [0, 0.05) is 10.4 Å². The Hall–Kier alpha value is -2.01. The zero-order chi connectivity index (χ0) is 14.4. The Balaban J connectivity index is 2.24. The standard InChI is InChI=1S/C15H14FN3S/c1-7-6-10(4-5-11(7)16)14-18-13(17)12-8(2)9(3)20-15(12)19-14/h4-6H,1-3H3,(H2,17,18,19). The number of nitrogens with two attached hydrogens (primary N) is 1. The zero-order valence-electron chi connectivity index (χ0n) is 11.5. The number of hydrogen-bond acceptors (Lipinski definition) is 4. The van der Waals surface area contributed by atoms with E-state index in [1.165, 1.54) is 10.9 Å². The summed E-state index contributed by atoms with van der Waals surface area (Å²) in [6.07, 6.45) is 0. The molecule has 2 heterocycles. The fourth-order valence-corrected chi connectivity index (χ4v) is 3.23. The summed E-state index contributed by atoms with van der Waals surface area (Å²) in [6, 6.07) is 4.85. The molecule has 102 valence electrons. The van der Waals surface area contributed by atoms with Crippen molar-refractivity contribution in [3.63, 3.8) is 0 Å². The Morgan fingerprint density at radius 3 is 2.60 bits per heavy atom. The molecule has 1 aromatic carbocycles. The SMILES string of the molecule is Cc1cc(-c2nc(N)c3c(C)c(C)sc3n2)ccc1F. The first kappa shape index (κ1) is 13.0. The van der Waals surface area contributed by atoms with E-state index in [1.807, 2.05) is 13.8 Å². The van der Waals surface area contributed by atoms with Gasteiger partial charge in [0.2, 0.25) is 0 Å². The van der Waals surface area contributed by atoms with Crippen LogP contribution >= 0.6 is 11.3 Å². The van der Waals surface area contributed by atoms with Gasteiger partial charge in [-0.1, -0.05) is 0 Å². The third-order valence-corrected chi connectivity index (χ3v) is 4.57. The van der Waals surface area contributed by atoms with Crippen LogP contribution in [0.3, 0.4) is 0 Å². The molecule has 0 aliphatic rings. The van der Waals surface area contributed by atoms with E-state index in [0.717, 1.165) is 21.3 Å². The Bertz CT molecular complexity index is 824. The van der Waals surface area contributed by atoms with Crippen molar-refractivity contribution in [3.8, 4) is 11.4 Å². The van der Waals surface area contributed by atoms with Crippen LogP contribution in [0.2, 0.25) is 0 Å². The van der Waals surface area contributed by atoms with Gasteiger partial charge >= 0.3 is 0 Å². The largest absolute Gasteiger partial charge is 0.383 e. The topological polar surface area (TPSA) is 51.8 Å². The van der Waals surface area contributed by atoms with Crippen LogP contribution in [-0.2, 0) is 0 Å². The van der Waals surface area contributed by atoms with Crippen molar-refractivity contribution in [2.24, 2.45) is 0 Å². The number of nitrogens with zero attached hydrogens (tertiary/aromatic N) is 2. The molecule has 0 atom stereocenters. The van der Waals surface area contributed by atoms with Gasteiger partial charge in [0.15, 0.2) is 5.82 Å². The predicted octanol–water partition coefficient (Wildman–Crippen LogP) is 4.00. The van der Waals surface area contributed by atoms with Gasteiger partial charge in [-0.05, 0) is 50.1 Å². The van der Waals surface area contributed by atoms with E-state index in [-0.39, 0.29) is 5.82 Å². The van der Waals surface area contributed by atoms with Crippen molar-refractivity contribution < 1.29 is 4.39 Å². The van der Waals surface area contributed by atoms with E-state index in [9.17, 15) is 4.39 Å². The molecule has 0 aliphatic carbocycles. The highest BCUT2D eigenvalue weighted by Gasteiger charge is 2.14. The highest BCUT2D eigenvalue weighted by molar-refractivity contribution is 7.18. The fourth-order valence-electron chi connectivity index (χ4n) is 2.19. The summed E-state index contributed by atoms with van der Waals surface area (Å²) in [5.41, 5.74) is 8.54. The Morgan fingerprint density at radius 2 is 1.90 bits per heavy atom. The molecule has 3 aromatic rings. The van der Waals surface area contributed by atoms with E-state index in [1.54, 1.807) is 30.4 Å². The molecule has 2 N–H and O–H groups in total. The molecule has 5 heteroatoms. The lowest BCUT2D eigenvalue weighted by Crippen LogP contribution is -1.97. The van der Waals surface area contributed by atoms with Gasteiger partial charge in [-0.25, -0.2) is 14.4 Å². The lowest BCUT2D eigenvalue weighted by Gasteiger charge is -2.05. The van der Waals surface area contributed by atoms with Crippen LogP contribution in [0.25, 0.3) is 21.6 Å². The number of anilines is 1. The number of fused-ring (bicyclic) bond motifs is 1. The smallest absolute Gasteiger partial charge is 0.163 e. The van der Waals surface area contributed by atoms with Gasteiger partial charge < -0.3 is 5.73 Å². The molecule has 0 fully saturated rings. The number of nitrogen functional groups attached to an aromatic ring is 1. The van der Waals surface area contributed by atoms with Crippen LogP contribution < -0.4 is 5.73 Å². The van der Waals surface area contributed by atoms with Crippen LogP contribution in [0, 0.1) is 26.6 Å². The van der Waals surface area contributed by atoms with Crippen LogP contribution in [-0.4, -0.2) is 9.97 Å². The normalized spacial score (nSPS) is 11.2. The maximum Gasteiger partial charge on any atom is 0.163 e. The molecule has 0 amide bonds. The third kappa shape index (κ3) is 1.94. The van der Waals surface area contributed by atoms with Crippen molar-refractivity contribution >= 4 is 27.4 Å². The van der Waals surface area contributed by atoms with Gasteiger partial charge in [0.05, 0.1) is 5.39 Å². The van der Waals surface area contributed by atoms with Crippen molar-refractivity contribution in [1.82, 2.24) is 9.97 Å². The summed E-state index contributed by atoms with van der Waals surface area (Å²) in [5.74, 6) is 0.791. The summed E-state index contributed by atoms with van der Waals surface area (Å²) in [5, 5.41) is 0.926. The quantitative estimate of drug-likeness (QED) is 0.736. The molecule has 2 aromatic heterocycles. The second kappa shape index (κ2) is 4.52. The molecule has 0 saturated heterocycles. The van der Waals surface area contributed by atoms with E-state index in [2.05, 4.69) is 9.97 Å². The van der Waals surface area contributed by atoms with Gasteiger partial charge in [-0.3, -0.25) is 0 Å². The molecule has 0 saturated carbocycles. The molecule has 0 aliphatic heterocycles. The number of halogens is 1. The minimum atomic E-state index is -0.231. The molecule has 0 bridgehead atoms. The van der Waals surface area contributed by atoms with Crippen LogP contribution in [0.5, 0.6) is 0 Å². The fraction of sp³-hybridized carbons (Fsp3) is 0.200. The summed E-state index contributed by atoms with van der Waals surface area (Å²) < 4.78 is 13.3. The second-order valence-electron chi connectivity index (χ2n) is 4.86. The number of hydrogen-bond donors (Lipinski definition) is 1. The summed E-state index contributed by atoms with van der Waals surface area (Å²) in [6.45, 7) is 5.79. The van der Waals surface area contributed by atoms with Crippen molar-refractivity contribution in [1.29, 1.82) is 0 Å². The predicted molar refractivity (Wildman–Crippen MR) is 81.4 cm³/mol. The molecule has 20 heavy (non-hydrogen) atoms. The number of rotatable bonds is 1. The van der Waals surface area contributed by atoms with Gasteiger partial charge in [0.25, 0.3) is 0 Å². The average Bonchev–Trinajstić information content (AvgIpc) is 2.68. The van der Waals surface area contributed by atoms with E-state index >= 15 is 0 Å². The van der Waals surface area contributed by atoms with Crippen LogP contribution in [0.4, 0.5) is 10.2 Å². The van der Waals surface area contributed by atoms with E-state index in [4.69, 9.17) is 5.73 Å². The van der Waals surface area contributed by atoms with E-state index < -0.39 is 0 Å². The third-order valence-electron chi connectivity index (χ3n) is 3.47. The molecule has 3 nitrogen and oxygen atoms in total. The molecule has 0 unspecified atom stereocenters. The monoisotopic (exact) mass is 287 g/mol. The van der Waals surface area contributed by atoms with E-state index in [0.29, 0.717) is 17.2 Å². The van der Waals surface area contributed by atoms with Crippen LogP contribution in [0.1, 0.15) is 16.0 Å². The number of aryl methyl sites for hydroxylation is 3. The van der Waals surface area contributed by atoms with Gasteiger partial charge in [-0.2, -0.15) is 0 Å². The lowest BCUT2D eigenvalue weighted by molar-refractivity contribution is 0.618. The number of benzene rings is 1. The molecule has 3 rings (SSSR count). The van der Waals surface area contributed by atoms with Crippen molar-refractivity contribution in [2.75, 3.05) is 5.73 Å². The number of aromatic nitrogens is 2. The summed E-state index contributed by atoms with van der Waals surface area (Å²) >= 11 is 1.60. The highest BCUT2D eigenvalue weighted by atomic mass is 32.1. The minimum absolute atomic E-state index is 0.231. The Morgan fingerprint density at radius 1 is 1.15 bits per heavy atom. The highest BCUT2D eigenvalue weighted by Crippen LogP contribution is 2.33. The summed E-state index contributed by atoms with van der Waals surface area (Å²) in [7, 11) is 0. The van der Waals surface area contributed by atoms with Gasteiger partial charge in [0.1, 0.15) is 16.5 Å². The first-order chi connectivity index (χ1) is 9.47. The molecular formula is C15H14FN3S. The molecular weight excluding hydrogens is 273 g/mol. The average molecular weight is 287 g/mol. The van der Waals surface area contributed by atoms with Crippen LogP contribution in [0.15, 0.2) is 18.2 Å². The maximum atomic E-state index is 13.3. The second-order valence-corrected chi connectivity index (χ2v) is 6.06. The minimum Gasteiger partial charge on any atom is -0.383 e. The summed E-state index contributed by atoms with van der Waals surface area (Å²) in [4.78, 5) is 11.0. The zero-order valence-corrected chi connectivity index (χ0v) is 12.3. The first-order valence-corrected chi connectivity index (χ1v) is 7.08. The van der Waals surface area contributed by atoms with Gasteiger partial charge in [-0.15, -0.1) is 11.3 Å². The maximum absolute atomic E-state index is 13.3. The molecule has 0 radical (unpaired) electrons. The Labute approximate surface area is 120 Å². The van der Waals surface area contributed by atoms with Crippen molar-refractivity contribution in [3.05, 3.63) is 40.0 Å². The van der Waals surface area contributed by atoms with Crippen molar-refractivity contribution in [2.45, 2.75) is 20.8 Å². The first-order valence-electron chi connectivity index (χ1n) is 6.27. The number of thiophene rings is 1. The Kier molecular flexibility index (Phi) is 2.94. The molecule has 0 spiro atoms.